The minimum atomic E-state index is -0.474. The zero-order chi connectivity index (χ0) is 13.0. The molecule has 1 rings (SSSR count). The molecule has 0 spiro atoms. The molecule has 1 heterocycles. The molecule has 5 heteroatoms. The second-order valence-electron chi connectivity index (χ2n) is 3.54. The number of aryl methyl sites for hydroxylation is 1. The molecule has 0 saturated heterocycles. The highest BCUT2D eigenvalue weighted by Crippen LogP contribution is 2.16. The lowest BCUT2D eigenvalue weighted by Gasteiger charge is -2.07. The van der Waals surface area contributed by atoms with Crippen molar-refractivity contribution in [2.75, 3.05) is 13.2 Å². The Balaban J connectivity index is 3.09. The number of carbonyl (C=O) groups excluding carboxylic acids is 2. The molecule has 0 aliphatic carbocycles. The molecule has 17 heavy (non-hydrogen) atoms. The number of hydrogen-bond donors (Lipinski definition) is 0. The van der Waals surface area contributed by atoms with E-state index in [9.17, 15) is 9.59 Å². The van der Waals surface area contributed by atoms with Gasteiger partial charge in [-0.1, -0.05) is 0 Å². The topological polar surface area (TPSA) is 57.5 Å². The van der Waals surface area contributed by atoms with Crippen LogP contribution in [0.1, 0.15) is 35.6 Å². The Hall–Kier alpha value is -1.78. The fraction of sp³-hybridized carbons (Fsp3) is 0.500. The van der Waals surface area contributed by atoms with Gasteiger partial charge in [-0.15, -0.1) is 0 Å². The Labute approximate surface area is 100 Å². The summed E-state index contributed by atoms with van der Waals surface area (Å²) in [4.78, 5) is 23.3. The standard InChI is InChI=1S/C12H17NO4/c1-5-16-11(14)10-7-8(3)13(9(10)4)12(15)17-6-2/h7H,5-6H2,1-4H3. The van der Waals surface area contributed by atoms with Crippen molar-refractivity contribution < 1.29 is 19.1 Å². The van der Waals surface area contributed by atoms with Crippen molar-refractivity contribution in [1.29, 1.82) is 0 Å². The van der Waals surface area contributed by atoms with Crippen molar-refractivity contribution in [2.45, 2.75) is 27.7 Å². The molecule has 0 N–H and O–H groups in total. The molecule has 0 saturated carbocycles. The lowest BCUT2D eigenvalue weighted by molar-refractivity contribution is 0.0525. The van der Waals surface area contributed by atoms with Crippen molar-refractivity contribution in [2.24, 2.45) is 0 Å². The van der Waals surface area contributed by atoms with Gasteiger partial charge in [-0.25, -0.2) is 9.59 Å². The molecule has 0 aromatic carbocycles. The highest BCUT2D eigenvalue weighted by atomic mass is 16.5. The summed E-state index contributed by atoms with van der Waals surface area (Å²) in [5, 5.41) is 0. The fourth-order valence-corrected chi connectivity index (χ4v) is 1.65. The van der Waals surface area contributed by atoms with Crippen molar-refractivity contribution in [3.63, 3.8) is 0 Å². The van der Waals surface area contributed by atoms with Gasteiger partial charge >= 0.3 is 12.1 Å². The Morgan fingerprint density at radius 2 is 1.76 bits per heavy atom. The summed E-state index contributed by atoms with van der Waals surface area (Å²) in [6, 6.07) is 1.63. The first kappa shape index (κ1) is 13.3. The van der Waals surface area contributed by atoms with Crippen LogP contribution < -0.4 is 0 Å². The Bertz CT molecular complexity index is 434. The van der Waals surface area contributed by atoms with E-state index in [2.05, 4.69) is 0 Å². The van der Waals surface area contributed by atoms with Crippen molar-refractivity contribution in [3.8, 4) is 0 Å². The Kier molecular flexibility index (Phi) is 4.31. The van der Waals surface area contributed by atoms with Gasteiger partial charge in [0.15, 0.2) is 0 Å². The molecule has 5 nitrogen and oxygen atoms in total. The normalized spacial score (nSPS) is 10.1. The van der Waals surface area contributed by atoms with Gasteiger partial charge in [0.1, 0.15) is 0 Å². The molecule has 1 aromatic rings. The number of nitrogens with zero attached hydrogens (tertiary/aromatic N) is 1. The van der Waals surface area contributed by atoms with Gasteiger partial charge in [0.2, 0.25) is 0 Å². The van der Waals surface area contributed by atoms with Crippen molar-refractivity contribution >= 4 is 12.1 Å². The molecule has 0 bridgehead atoms. The van der Waals surface area contributed by atoms with E-state index >= 15 is 0 Å². The number of aromatic nitrogens is 1. The van der Waals surface area contributed by atoms with Crippen molar-refractivity contribution in [1.82, 2.24) is 4.57 Å². The molecule has 0 radical (unpaired) electrons. The molecule has 0 unspecified atom stereocenters. The van der Waals surface area contributed by atoms with Crippen LogP contribution >= 0.6 is 0 Å². The van der Waals surface area contributed by atoms with Crippen LogP contribution in [0.25, 0.3) is 0 Å². The van der Waals surface area contributed by atoms with Crippen LogP contribution in [0.4, 0.5) is 4.79 Å². The third-order valence-electron chi connectivity index (χ3n) is 2.38. The van der Waals surface area contributed by atoms with Gasteiger partial charge in [0.25, 0.3) is 0 Å². The first-order valence-electron chi connectivity index (χ1n) is 5.56. The monoisotopic (exact) mass is 239 g/mol. The summed E-state index contributed by atoms with van der Waals surface area (Å²) in [6.07, 6.45) is -0.474. The fourth-order valence-electron chi connectivity index (χ4n) is 1.65. The average molecular weight is 239 g/mol. The molecule has 0 aliphatic heterocycles. The van der Waals surface area contributed by atoms with Crippen LogP contribution in [0.5, 0.6) is 0 Å². The third-order valence-corrected chi connectivity index (χ3v) is 2.38. The minimum Gasteiger partial charge on any atom is -0.462 e. The summed E-state index contributed by atoms with van der Waals surface area (Å²) in [5.74, 6) is -0.420. The minimum absolute atomic E-state index is 0.296. The quantitative estimate of drug-likeness (QED) is 0.759. The Morgan fingerprint density at radius 3 is 2.29 bits per heavy atom. The second-order valence-corrected chi connectivity index (χ2v) is 3.54. The van der Waals surface area contributed by atoms with Gasteiger partial charge in [-0.2, -0.15) is 0 Å². The average Bonchev–Trinajstić information content (AvgIpc) is 2.55. The van der Waals surface area contributed by atoms with Gasteiger partial charge < -0.3 is 9.47 Å². The number of esters is 1. The second kappa shape index (κ2) is 5.52. The summed E-state index contributed by atoms with van der Waals surface area (Å²) in [7, 11) is 0. The van der Waals surface area contributed by atoms with Crippen LogP contribution in [0.2, 0.25) is 0 Å². The maximum Gasteiger partial charge on any atom is 0.418 e. The zero-order valence-electron chi connectivity index (χ0n) is 10.6. The highest BCUT2D eigenvalue weighted by Gasteiger charge is 2.20. The van der Waals surface area contributed by atoms with Crippen LogP contribution in [0.3, 0.4) is 0 Å². The molecule has 0 aliphatic rings. The molecule has 94 valence electrons. The predicted molar refractivity (Wildman–Crippen MR) is 62.3 cm³/mol. The van der Waals surface area contributed by atoms with Crippen LogP contribution in [-0.2, 0) is 9.47 Å². The maximum atomic E-state index is 11.7. The molecule has 0 fully saturated rings. The van der Waals surface area contributed by atoms with Crippen LogP contribution in [0.15, 0.2) is 6.07 Å². The number of ether oxygens (including phenoxy) is 2. The first-order valence-corrected chi connectivity index (χ1v) is 5.56. The van der Waals surface area contributed by atoms with Gasteiger partial charge in [0, 0.05) is 11.4 Å². The summed E-state index contributed by atoms with van der Waals surface area (Å²) in [5.41, 5.74) is 1.60. The SMILES string of the molecule is CCOC(=O)c1cc(C)n(C(=O)OCC)c1C. The molecular formula is C12H17NO4. The lowest BCUT2D eigenvalue weighted by atomic mass is 10.2. The largest absolute Gasteiger partial charge is 0.462 e. The van der Waals surface area contributed by atoms with E-state index in [1.165, 1.54) is 4.57 Å². The van der Waals surface area contributed by atoms with E-state index in [-0.39, 0.29) is 0 Å². The summed E-state index contributed by atoms with van der Waals surface area (Å²) in [6.45, 7) is 7.51. The van der Waals surface area contributed by atoms with E-state index in [1.807, 2.05) is 0 Å². The van der Waals surface area contributed by atoms with E-state index in [1.54, 1.807) is 33.8 Å². The summed E-state index contributed by atoms with van der Waals surface area (Å²) < 4.78 is 11.2. The van der Waals surface area contributed by atoms with E-state index in [0.29, 0.717) is 30.2 Å². The molecular weight excluding hydrogens is 222 g/mol. The molecule has 0 atom stereocenters. The number of carbonyl (C=O) groups is 2. The van der Waals surface area contributed by atoms with Gasteiger partial charge in [-0.05, 0) is 33.8 Å². The van der Waals surface area contributed by atoms with Crippen LogP contribution in [-0.4, -0.2) is 29.8 Å². The van der Waals surface area contributed by atoms with E-state index in [4.69, 9.17) is 9.47 Å². The Morgan fingerprint density at radius 1 is 1.18 bits per heavy atom. The zero-order valence-corrected chi connectivity index (χ0v) is 10.6. The van der Waals surface area contributed by atoms with Gasteiger partial charge in [-0.3, -0.25) is 4.57 Å². The molecule has 1 aromatic heterocycles. The maximum absolute atomic E-state index is 11.7. The lowest BCUT2D eigenvalue weighted by Crippen LogP contribution is -2.17. The van der Waals surface area contributed by atoms with Crippen LogP contribution in [0, 0.1) is 13.8 Å². The first-order chi connectivity index (χ1) is 8.02. The predicted octanol–water partition coefficient (Wildman–Crippen LogP) is 2.29. The van der Waals surface area contributed by atoms with Crippen molar-refractivity contribution in [3.05, 3.63) is 23.0 Å². The molecule has 0 amide bonds. The summed E-state index contributed by atoms with van der Waals surface area (Å²) >= 11 is 0. The van der Waals surface area contributed by atoms with E-state index < -0.39 is 12.1 Å². The van der Waals surface area contributed by atoms with Gasteiger partial charge in [0.05, 0.1) is 18.8 Å². The number of hydrogen-bond acceptors (Lipinski definition) is 4. The smallest absolute Gasteiger partial charge is 0.418 e. The third kappa shape index (κ3) is 2.67. The highest BCUT2D eigenvalue weighted by molar-refractivity contribution is 5.92. The van der Waals surface area contributed by atoms with E-state index in [0.717, 1.165) is 0 Å². The number of rotatable bonds is 3.